The van der Waals surface area contributed by atoms with Crippen LogP contribution in [-0.2, 0) is 9.59 Å². The summed E-state index contributed by atoms with van der Waals surface area (Å²) in [6, 6.07) is 14.3. The fraction of sp³-hybridized carbons (Fsp3) is 0.441. The molecular weight excluding hydrogens is 548 g/mol. The molecule has 3 saturated heterocycles. The summed E-state index contributed by atoms with van der Waals surface area (Å²) >= 11 is 6.20. The molecule has 3 aromatic rings. The highest BCUT2D eigenvalue weighted by atomic mass is 35.5. The molecule has 1 aliphatic carbocycles. The first kappa shape index (κ1) is 27.4. The number of rotatable bonds is 5. The molecule has 4 heterocycles. The number of benzene rings is 2. The lowest BCUT2D eigenvalue weighted by atomic mass is 9.72. The number of carbonyl (C=O) groups is 3. The smallest absolute Gasteiger partial charge is 0.254 e. The van der Waals surface area contributed by atoms with E-state index in [9.17, 15) is 14.4 Å². The molecule has 3 fully saturated rings. The zero-order valence-electron chi connectivity index (χ0n) is 24.2. The van der Waals surface area contributed by atoms with Crippen LogP contribution in [0.4, 0.5) is 0 Å². The molecule has 42 heavy (non-hydrogen) atoms. The number of carbonyl (C=O) groups excluding carboxylic acids is 3. The Morgan fingerprint density at radius 3 is 2.52 bits per heavy atom. The van der Waals surface area contributed by atoms with Gasteiger partial charge in [0.2, 0.25) is 11.8 Å². The van der Waals surface area contributed by atoms with Crippen molar-refractivity contribution >= 4 is 45.7 Å². The van der Waals surface area contributed by atoms with Crippen molar-refractivity contribution in [3.8, 4) is 0 Å². The van der Waals surface area contributed by atoms with Gasteiger partial charge in [0.1, 0.15) is 6.04 Å². The van der Waals surface area contributed by atoms with Gasteiger partial charge < -0.3 is 9.47 Å². The SMILES string of the molecule is CC1(C)CCC(CN2C[C@@H]3C[C@H]2CN3C(=O)c2ccc3cn(C4CCC(=O)NC4=O)cc3c2)=C(c2ccc(Cl)cc2)C1. The minimum absolute atomic E-state index is 0.0818. The van der Waals surface area contributed by atoms with Crippen LogP contribution in [0.2, 0.25) is 5.02 Å². The van der Waals surface area contributed by atoms with Crippen LogP contribution in [0.1, 0.15) is 74.3 Å². The molecule has 1 unspecified atom stereocenters. The third kappa shape index (κ3) is 5.07. The Labute approximate surface area is 251 Å². The van der Waals surface area contributed by atoms with Crippen molar-refractivity contribution in [3.05, 3.63) is 76.6 Å². The van der Waals surface area contributed by atoms with E-state index >= 15 is 0 Å². The molecule has 2 aromatic carbocycles. The molecule has 0 saturated carbocycles. The number of nitrogens with zero attached hydrogens (tertiary/aromatic N) is 3. The van der Waals surface area contributed by atoms with E-state index in [0.717, 1.165) is 54.7 Å². The predicted octanol–water partition coefficient (Wildman–Crippen LogP) is 5.84. The maximum absolute atomic E-state index is 13.7. The average molecular weight is 585 g/mol. The van der Waals surface area contributed by atoms with E-state index < -0.39 is 6.04 Å². The van der Waals surface area contributed by atoms with Crippen LogP contribution >= 0.6 is 11.6 Å². The molecule has 3 amide bonds. The number of halogens is 1. The fourth-order valence-corrected chi connectivity index (χ4v) is 7.63. The zero-order valence-corrected chi connectivity index (χ0v) is 25.0. The molecule has 1 aromatic heterocycles. The molecule has 1 N–H and O–H groups in total. The van der Waals surface area contributed by atoms with Gasteiger partial charge in [-0.3, -0.25) is 24.6 Å². The fourth-order valence-electron chi connectivity index (χ4n) is 7.51. The molecule has 0 radical (unpaired) electrons. The summed E-state index contributed by atoms with van der Waals surface area (Å²) in [5, 5.41) is 5.10. The number of hydrogen-bond acceptors (Lipinski definition) is 4. The number of nitrogens with one attached hydrogen (secondary N) is 1. The van der Waals surface area contributed by atoms with Crippen molar-refractivity contribution in [2.75, 3.05) is 19.6 Å². The number of aromatic nitrogens is 1. The first-order valence-corrected chi connectivity index (χ1v) is 15.5. The Balaban J connectivity index is 1.05. The largest absolute Gasteiger partial charge is 0.341 e. The van der Waals surface area contributed by atoms with Gasteiger partial charge in [-0.25, -0.2) is 0 Å². The van der Waals surface area contributed by atoms with E-state index in [4.69, 9.17) is 11.6 Å². The molecule has 4 aliphatic rings. The summed E-state index contributed by atoms with van der Waals surface area (Å²) in [5.74, 6) is -0.410. The Bertz CT molecular complexity index is 1620. The summed E-state index contributed by atoms with van der Waals surface area (Å²) in [4.78, 5) is 42.3. The highest BCUT2D eigenvalue weighted by Crippen LogP contribution is 2.44. The monoisotopic (exact) mass is 584 g/mol. The molecule has 3 atom stereocenters. The minimum Gasteiger partial charge on any atom is -0.341 e. The van der Waals surface area contributed by atoms with Crippen molar-refractivity contribution < 1.29 is 14.4 Å². The number of amides is 3. The number of likely N-dealkylation sites (tertiary alicyclic amines) is 2. The second kappa shape index (κ2) is 10.4. The van der Waals surface area contributed by atoms with Gasteiger partial charge in [-0.2, -0.15) is 0 Å². The van der Waals surface area contributed by atoms with Gasteiger partial charge in [0.15, 0.2) is 0 Å². The van der Waals surface area contributed by atoms with Crippen molar-refractivity contribution in [1.82, 2.24) is 19.7 Å². The van der Waals surface area contributed by atoms with E-state index in [-0.39, 0.29) is 29.2 Å². The molecule has 7 nitrogen and oxygen atoms in total. The highest BCUT2D eigenvalue weighted by molar-refractivity contribution is 6.30. The van der Waals surface area contributed by atoms with Gasteiger partial charge in [-0.05, 0) is 78.3 Å². The number of piperidine rings is 1. The molecular formula is C34H37ClN4O3. The van der Waals surface area contributed by atoms with E-state index in [1.165, 1.54) is 23.1 Å². The Morgan fingerprint density at radius 1 is 1.00 bits per heavy atom. The number of allylic oxidation sites excluding steroid dienone is 1. The standard InChI is InChI=1S/C34H37ClN4O3/c1-34(2)12-11-24(29(15-34)21-5-7-26(35)8-6-21)17-37-19-28-14-27(37)20-39(28)33(42)22-3-4-23-16-38(18-25(23)13-22)30-9-10-31(40)36-32(30)41/h3-8,13,16,18,27-28,30H,9-12,14-15,17,19-20H2,1-2H3,(H,36,40,41)/t27-,28-,30?/m0/s1. The molecule has 7 rings (SSSR count). The van der Waals surface area contributed by atoms with Crippen molar-refractivity contribution in [2.45, 2.75) is 70.5 Å². The van der Waals surface area contributed by atoms with Crippen molar-refractivity contribution in [1.29, 1.82) is 0 Å². The van der Waals surface area contributed by atoms with Crippen LogP contribution in [0.25, 0.3) is 16.3 Å². The first-order valence-electron chi connectivity index (χ1n) is 15.1. The third-order valence-corrected chi connectivity index (χ3v) is 10.1. The summed E-state index contributed by atoms with van der Waals surface area (Å²) in [6.07, 6.45) is 9.07. The van der Waals surface area contributed by atoms with Crippen molar-refractivity contribution in [2.24, 2.45) is 5.41 Å². The Hall–Kier alpha value is -3.42. The molecule has 3 aliphatic heterocycles. The second-order valence-corrected chi connectivity index (χ2v) is 13.8. The lowest BCUT2D eigenvalue weighted by molar-refractivity contribution is -0.135. The van der Waals surface area contributed by atoms with E-state index in [2.05, 4.69) is 41.1 Å². The van der Waals surface area contributed by atoms with Gasteiger partial charge in [0.25, 0.3) is 5.91 Å². The van der Waals surface area contributed by atoms with Crippen LogP contribution in [-0.4, -0.2) is 63.8 Å². The van der Waals surface area contributed by atoms with E-state index in [0.29, 0.717) is 24.4 Å². The Morgan fingerprint density at radius 2 is 1.79 bits per heavy atom. The van der Waals surface area contributed by atoms with E-state index in [1.54, 1.807) is 0 Å². The molecule has 2 bridgehead atoms. The summed E-state index contributed by atoms with van der Waals surface area (Å²) in [7, 11) is 0. The highest BCUT2D eigenvalue weighted by Gasteiger charge is 2.45. The summed E-state index contributed by atoms with van der Waals surface area (Å²) in [6.45, 7) is 7.36. The lowest BCUT2D eigenvalue weighted by Gasteiger charge is -2.38. The average Bonchev–Trinajstić information content (AvgIpc) is 3.68. The molecule has 218 valence electrons. The topological polar surface area (TPSA) is 74.7 Å². The third-order valence-electron chi connectivity index (χ3n) is 9.87. The second-order valence-electron chi connectivity index (χ2n) is 13.4. The normalized spacial score (nSPS) is 25.9. The van der Waals surface area contributed by atoms with Gasteiger partial charge in [0, 0.05) is 66.5 Å². The van der Waals surface area contributed by atoms with Gasteiger partial charge >= 0.3 is 0 Å². The van der Waals surface area contributed by atoms with Crippen LogP contribution in [0, 0.1) is 5.41 Å². The van der Waals surface area contributed by atoms with Gasteiger partial charge in [-0.1, -0.05) is 49.2 Å². The van der Waals surface area contributed by atoms with Crippen molar-refractivity contribution in [3.63, 3.8) is 0 Å². The number of imide groups is 1. The predicted molar refractivity (Wildman–Crippen MR) is 164 cm³/mol. The minimum atomic E-state index is -0.403. The maximum atomic E-state index is 13.7. The molecule has 0 spiro atoms. The van der Waals surface area contributed by atoms with E-state index in [1.807, 2.05) is 47.3 Å². The van der Waals surface area contributed by atoms with Crippen LogP contribution < -0.4 is 5.32 Å². The van der Waals surface area contributed by atoms with Crippen LogP contribution in [0.5, 0.6) is 0 Å². The van der Waals surface area contributed by atoms with Gasteiger partial charge in [-0.15, -0.1) is 0 Å². The lowest BCUT2D eigenvalue weighted by Crippen LogP contribution is -2.49. The molecule has 8 heteroatoms. The quantitative estimate of drug-likeness (QED) is 0.383. The number of piperazine rings is 1. The summed E-state index contributed by atoms with van der Waals surface area (Å²) in [5.41, 5.74) is 5.26. The van der Waals surface area contributed by atoms with Gasteiger partial charge in [0.05, 0.1) is 0 Å². The first-order chi connectivity index (χ1) is 20.1. The zero-order chi connectivity index (χ0) is 29.2. The number of hydrogen-bond donors (Lipinski definition) is 1. The van der Waals surface area contributed by atoms with Crippen LogP contribution in [0.3, 0.4) is 0 Å². The van der Waals surface area contributed by atoms with Crippen LogP contribution in [0.15, 0.2) is 60.4 Å². The Kier molecular flexibility index (Phi) is 6.78. The number of fused-ring (bicyclic) bond motifs is 3. The summed E-state index contributed by atoms with van der Waals surface area (Å²) < 4.78 is 1.87. The maximum Gasteiger partial charge on any atom is 0.254 e.